The third-order valence-electron chi connectivity index (χ3n) is 5.45. The average molecular weight is 484 g/mol. The predicted octanol–water partition coefficient (Wildman–Crippen LogP) is 4.94. The van der Waals surface area contributed by atoms with Crippen molar-refractivity contribution in [3.05, 3.63) is 94.4 Å². The summed E-state index contributed by atoms with van der Waals surface area (Å²) in [6.45, 7) is 2.01. The van der Waals surface area contributed by atoms with Gasteiger partial charge < -0.3 is 10.0 Å². The van der Waals surface area contributed by atoms with Crippen LogP contribution in [0.25, 0.3) is 10.9 Å². The number of fused-ring (bicyclic) bond motifs is 1. The Balaban J connectivity index is 1.86. The highest BCUT2D eigenvalue weighted by molar-refractivity contribution is 7.90. The van der Waals surface area contributed by atoms with Crippen LogP contribution in [-0.2, 0) is 23.0 Å². The lowest BCUT2D eigenvalue weighted by molar-refractivity contribution is 0.154. The highest BCUT2D eigenvalue weighted by Gasteiger charge is 2.23. The minimum absolute atomic E-state index is 0.0462. The fourth-order valence-corrected chi connectivity index (χ4v) is 5.35. The molecule has 2 aromatic carbocycles. The van der Waals surface area contributed by atoms with E-state index < -0.39 is 16.1 Å². The van der Waals surface area contributed by atoms with E-state index >= 15 is 0 Å². The van der Waals surface area contributed by atoms with Crippen molar-refractivity contribution in [2.75, 3.05) is 7.05 Å². The van der Waals surface area contributed by atoms with Crippen molar-refractivity contribution >= 4 is 38.6 Å². The van der Waals surface area contributed by atoms with E-state index in [1.165, 1.54) is 35.7 Å². The maximum atomic E-state index is 13.4. The molecule has 170 valence electrons. The van der Waals surface area contributed by atoms with Gasteiger partial charge in [0.25, 0.3) is 10.0 Å². The minimum atomic E-state index is -3.94. The van der Waals surface area contributed by atoms with Gasteiger partial charge in [0.1, 0.15) is 4.90 Å². The number of hydrogen-bond acceptors (Lipinski definition) is 4. The normalized spacial score (nSPS) is 11.6. The molecule has 0 radical (unpaired) electrons. The molecule has 0 aliphatic carbocycles. The van der Waals surface area contributed by atoms with Crippen LogP contribution in [0.3, 0.4) is 0 Å². The second kappa shape index (κ2) is 8.88. The Hall–Kier alpha value is -3.36. The Morgan fingerprint density at radius 3 is 2.61 bits per heavy atom. The predicted molar refractivity (Wildman–Crippen MR) is 127 cm³/mol. The molecule has 1 amide bonds. The lowest BCUT2D eigenvalue weighted by Crippen LogP contribution is -2.23. The maximum Gasteiger partial charge on any atom is 0.407 e. The van der Waals surface area contributed by atoms with Gasteiger partial charge in [0.2, 0.25) is 0 Å². The Bertz CT molecular complexity index is 1450. The van der Waals surface area contributed by atoms with Crippen molar-refractivity contribution in [1.29, 1.82) is 0 Å². The lowest BCUT2D eigenvalue weighted by atomic mass is 10.0. The van der Waals surface area contributed by atoms with E-state index in [-0.39, 0.29) is 11.4 Å². The topological polar surface area (TPSA) is 92.5 Å². The molecule has 4 aromatic rings. The summed E-state index contributed by atoms with van der Waals surface area (Å²) >= 11 is 6.40. The van der Waals surface area contributed by atoms with Crippen LogP contribution in [0.15, 0.2) is 72.0 Å². The van der Waals surface area contributed by atoms with Crippen LogP contribution in [0.5, 0.6) is 0 Å². The van der Waals surface area contributed by atoms with Crippen molar-refractivity contribution in [2.45, 2.75) is 24.8 Å². The molecule has 0 aliphatic heterocycles. The number of benzene rings is 2. The zero-order valence-electron chi connectivity index (χ0n) is 18.1. The second-order valence-corrected chi connectivity index (χ2v) is 10.1. The van der Waals surface area contributed by atoms with E-state index in [0.29, 0.717) is 27.9 Å². The van der Waals surface area contributed by atoms with E-state index in [1.54, 1.807) is 6.07 Å². The van der Waals surface area contributed by atoms with Crippen molar-refractivity contribution in [2.24, 2.45) is 0 Å². The summed E-state index contributed by atoms with van der Waals surface area (Å²) in [5, 5.41) is 10.6. The van der Waals surface area contributed by atoms with Crippen LogP contribution < -0.4 is 0 Å². The summed E-state index contributed by atoms with van der Waals surface area (Å²) in [6.07, 6.45) is 3.70. The first-order chi connectivity index (χ1) is 15.7. The lowest BCUT2D eigenvalue weighted by Gasteiger charge is -2.11. The molecule has 33 heavy (non-hydrogen) atoms. The van der Waals surface area contributed by atoms with Crippen LogP contribution in [0.4, 0.5) is 4.79 Å². The summed E-state index contributed by atoms with van der Waals surface area (Å²) in [5.41, 5.74) is 3.92. The van der Waals surface area contributed by atoms with E-state index in [9.17, 15) is 18.3 Å². The molecule has 7 nitrogen and oxygen atoms in total. The van der Waals surface area contributed by atoms with Gasteiger partial charge in [-0.1, -0.05) is 35.9 Å². The molecule has 0 saturated carbocycles. The zero-order valence-corrected chi connectivity index (χ0v) is 19.6. The van der Waals surface area contributed by atoms with Gasteiger partial charge >= 0.3 is 6.09 Å². The van der Waals surface area contributed by atoms with Gasteiger partial charge in [-0.15, -0.1) is 0 Å². The van der Waals surface area contributed by atoms with Crippen molar-refractivity contribution in [3.63, 3.8) is 0 Å². The van der Waals surface area contributed by atoms with Crippen LogP contribution in [0.2, 0.25) is 5.02 Å². The summed E-state index contributed by atoms with van der Waals surface area (Å²) in [5.74, 6) is 0. The largest absolute Gasteiger partial charge is 0.465 e. The molecule has 0 saturated heterocycles. The Morgan fingerprint density at radius 1 is 1.15 bits per heavy atom. The molecular weight excluding hydrogens is 462 g/mol. The smallest absolute Gasteiger partial charge is 0.407 e. The number of halogens is 1. The number of amides is 1. The third kappa shape index (κ3) is 4.58. The molecule has 0 bridgehead atoms. The SMILES string of the molecule is Cc1ccc(Cc2ccc3c(CN(C)C(=O)O)cn(S(=O)(=O)c4cccnc4)c3c2)c(Cl)c1. The standard InChI is InChI=1S/C24H22ClN3O4S/c1-16-5-7-18(22(25)10-16)11-17-6-8-21-19(14-27(2)24(29)30)15-28(23(21)12-17)33(31,32)20-4-3-9-26-13-20/h3-10,12-13,15H,11,14H2,1-2H3,(H,29,30). The molecule has 0 atom stereocenters. The fourth-order valence-electron chi connectivity index (χ4n) is 3.70. The average Bonchev–Trinajstić information content (AvgIpc) is 3.14. The van der Waals surface area contributed by atoms with E-state index in [1.807, 2.05) is 43.3 Å². The van der Waals surface area contributed by atoms with Gasteiger partial charge in [0, 0.05) is 36.0 Å². The van der Waals surface area contributed by atoms with Crippen molar-refractivity contribution < 1.29 is 18.3 Å². The Labute approximate surface area is 196 Å². The molecular formula is C24H22ClN3O4S. The highest BCUT2D eigenvalue weighted by atomic mass is 35.5. The number of aromatic nitrogens is 2. The third-order valence-corrected chi connectivity index (χ3v) is 7.46. The summed E-state index contributed by atoms with van der Waals surface area (Å²) in [4.78, 5) is 16.4. The summed E-state index contributed by atoms with van der Waals surface area (Å²) in [7, 11) is -2.50. The monoisotopic (exact) mass is 483 g/mol. The van der Waals surface area contributed by atoms with E-state index in [4.69, 9.17) is 11.6 Å². The van der Waals surface area contributed by atoms with E-state index in [2.05, 4.69) is 4.98 Å². The maximum absolute atomic E-state index is 13.4. The zero-order chi connectivity index (χ0) is 23.8. The van der Waals surface area contributed by atoms with Crippen LogP contribution in [0.1, 0.15) is 22.3 Å². The summed E-state index contributed by atoms with van der Waals surface area (Å²) in [6, 6.07) is 14.4. The molecule has 4 rings (SSSR count). The molecule has 2 aromatic heterocycles. The molecule has 9 heteroatoms. The summed E-state index contributed by atoms with van der Waals surface area (Å²) < 4.78 is 28.0. The van der Waals surface area contributed by atoms with Gasteiger partial charge in [-0.2, -0.15) is 0 Å². The van der Waals surface area contributed by atoms with Gasteiger partial charge in [0.05, 0.1) is 12.1 Å². The number of aryl methyl sites for hydroxylation is 1. The first-order valence-electron chi connectivity index (χ1n) is 10.1. The van der Waals surface area contributed by atoms with Gasteiger partial charge in [-0.25, -0.2) is 17.2 Å². The molecule has 0 spiro atoms. The molecule has 2 heterocycles. The second-order valence-electron chi connectivity index (χ2n) is 7.91. The minimum Gasteiger partial charge on any atom is -0.465 e. The molecule has 0 fully saturated rings. The number of rotatable bonds is 6. The Morgan fingerprint density at radius 2 is 1.94 bits per heavy atom. The number of pyridine rings is 1. The van der Waals surface area contributed by atoms with Gasteiger partial charge in [-0.3, -0.25) is 4.98 Å². The van der Waals surface area contributed by atoms with Crippen LogP contribution >= 0.6 is 11.6 Å². The van der Waals surface area contributed by atoms with Gasteiger partial charge in [0.15, 0.2) is 0 Å². The number of nitrogens with zero attached hydrogens (tertiary/aromatic N) is 3. The van der Waals surface area contributed by atoms with Crippen LogP contribution in [0, 0.1) is 6.92 Å². The quantitative estimate of drug-likeness (QED) is 0.419. The fraction of sp³-hybridized carbons (Fsp3) is 0.167. The van der Waals surface area contributed by atoms with Crippen molar-refractivity contribution in [1.82, 2.24) is 13.9 Å². The number of carbonyl (C=O) groups is 1. The van der Waals surface area contributed by atoms with Gasteiger partial charge in [-0.05, 0) is 59.9 Å². The molecule has 1 N–H and O–H groups in total. The number of carboxylic acid groups (broad SMARTS) is 1. The first-order valence-corrected chi connectivity index (χ1v) is 12.0. The highest BCUT2D eigenvalue weighted by Crippen LogP contribution is 2.29. The molecule has 0 aliphatic rings. The van der Waals surface area contributed by atoms with Crippen molar-refractivity contribution in [3.8, 4) is 0 Å². The molecule has 0 unspecified atom stereocenters. The van der Waals surface area contributed by atoms with Crippen LogP contribution in [-0.4, -0.2) is 40.5 Å². The first kappa shape index (κ1) is 22.8. The number of hydrogen-bond donors (Lipinski definition) is 1. The Kier molecular flexibility index (Phi) is 6.14. The van der Waals surface area contributed by atoms with E-state index in [0.717, 1.165) is 21.6 Å².